The van der Waals surface area contributed by atoms with E-state index in [-0.39, 0.29) is 30.9 Å². The van der Waals surface area contributed by atoms with Crippen molar-refractivity contribution in [3.8, 4) is 0 Å². The van der Waals surface area contributed by atoms with Crippen molar-refractivity contribution >= 4 is 17.9 Å². The minimum atomic E-state index is -5.03. The maximum Gasteiger partial charge on any atom is 0.416 e. The van der Waals surface area contributed by atoms with E-state index in [0.29, 0.717) is 36.1 Å². The molecule has 3 aliphatic rings. The summed E-state index contributed by atoms with van der Waals surface area (Å²) >= 11 is 0. The van der Waals surface area contributed by atoms with E-state index in [1.807, 2.05) is 11.9 Å². The van der Waals surface area contributed by atoms with Gasteiger partial charge >= 0.3 is 24.4 Å². The molecule has 0 bridgehead atoms. The number of ether oxygens (including phenoxy) is 1. The number of carboxylic acids is 1. The number of anilines is 1. The lowest BCUT2D eigenvalue weighted by atomic mass is 9.80. The number of amides is 1. The lowest BCUT2D eigenvalue weighted by molar-refractivity contribution is -0.143. The van der Waals surface area contributed by atoms with E-state index in [4.69, 9.17) is 19.8 Å². The minimum absolute atomic E-state index is 0.0466. The number of carbonyl (C=O) groups is 2. The first-order valence-corrected chi connectivity index (χ1v) is 15.2. The largest absolute Gasteiger partial charge is 0.481 e. The summed E-state index contributed by atoms with van der Waals surface area (Å²) in [5, 5.41) is 9.11. The van der Waals surface area contributed by atoms with E-state index in [2.05, 4.69) is 0 Å². The number of halogens is 6. The number of cyclic esters (lactones) is 1. The molecule has 8 nitrogen and oxygen atoms in total. The maximum absolute atomic E-state index is 13.5. The molecule has 2 atom stereocenters. The third kappa shape index (κ3) is 7.46. The second-order valence-electron chi connectivity index (χ2n) is 12.6. The molecule has 14 heteroatoms. The Labute approximate surface area is 256 Å². The van der Waals surface area contributed by atoms with Crippen molar-refractivity contribution in [2.45, 2.75) is 95.3 Å². The number of hydrogen-bond acceptors (Lipinski definition) is 6. The lowest BCUT2D eigenvalue weighted by Crippen LogP contribution is -2.34. The summed E-state index contributed by atoms with van der Waals surface area (Å²) in [6.07, 6.45) is -4.13. The van der Waals surface area contributed by atoms with Gasteiger partial charge in [0.1, 0.15) is 11.8 Å². The summed E-state index contributed by atoms with van der Waals surface area (Å²) in [6, 6.07) is 0.327. The van der Waals surface area contributed by atoms with Gasteiger partial charge in [-0.2, -0.15) is 26.3 Å². The molecule has 0 spiro atoms. The molecule has 1 unspecified atom stereocenters. The fourth-order valence-corrected chi connectivity index (χ4v) is 6.57. The molecule has 0 radical (unpaired) electrons. The Bertz CT molecular complexity index is 1370. The van der Waals surface area contributed by atoms with E-state index >= 15 is 0 Å². The van der Waals surface area contributed by atoms with Crippen molar-refractivity contribution in [1.29, 1.82) is 0 Å². The zero-order chi connectivity index (χ0) is 32.7. The molecule has 1 saturated heterocycles. The molecule has 1 aliphatic heterocycles. The van der Waals surface area contributed by atoms with Crippen LogP contribution in [0.2, 0.25) is 0 Å². The van der Waals surface area contributed by atoms with Gasteiger partial charge in [0.25, 0.3) is 0 Å². The van der Waals surface area contributed by atoms with Gasteiger partial charge in [0, 0.05) is 25.9 Å². The van der Waals surface area contributed by atoms with Crippen LogP contribution in [0.15, 0.2) is 24.4 Å². The second kappa shape index (κ2) is 12.7. The third-order valence-corrected chi connectivity index (χ3v) is 9.34. The molecule has 2 aliphatic carbocycles. The van der Waals surface area contributed by atoms with E-state index < -0.39 is 53.3 Å². The smallest absolute Gasteiger partial charge is 0.416 e. The Hall–Kier alpha value is -3.58. The van der Waals surface area contributed by atoms with Crippen LogP contribution in [0.5, 0.6) is 0 Å². The van der Waals surface area contributed by atoms with E-state index in [0.717, 1.165) is 50.6 Å². The number of rotatable bonds is 9. The average molecular weight is 643 g/mol. The predicted molar refractivity (Wildman–Crippen MR) is 150 cm³/mol. The van der Waals surface area contributed by atoms with Crippen LogP contribution >= 0.6 is 0 Å². The van der Waals surface area contributed by atoms with Gasteiger partial charge in [-0.05, 0) is 81.0 Å². The van der Waals surface area contributed by atoms with Gasteiger partial charge in [-0.25, -0.2) is 9.78 Å². The SMILES string of the molecule is C[C@H]1C(c2cc(C(F)(F)F)cc(C(F)(F)F)c2)OC(=O)N1Cc1nc(C2CCC2)cnc1N(C)C[C@H]1CC[C@H](CC(=O)O)CC1. The number of hydrogen-bond donors (Lipinski definition) is 1. The highest BCUT2D eigenvalue weighted by atomic mass is 19.4. The van der Waals surface area contributed by atoms with E-state index in [1.165, 1.54) is 11.8 Å². The summed E-state index contributed by atoms with van der Waals surface area (Å²) in [7, 11) is 1.86. The molecule has 1 aromatic carbocycles. The van der Waals surface area contributed by atoms with E-state index in [9.17, 15) is 35.9 Å². The van der Waals surface area contributed by atoms with Crippen LogP contribution < -0.4 is 4.90 Å². The predicted octanol–water partition coefficient (Wildman–Crippen LogP) is 7.58. The summed E-state index contributed by atoms with van der Waals surface area (Å²) in [6.45, 7) is 2.04. The summed E-state index contributed by atoms with van der Waals surface area (Å²) in [5.41, 5.74) is -2.12. The van der Waals surface area contributed by atoms with Gasteiger partial charge in [-0.1, -0.05) is 6.42 Å². The Morgan fingerprint density at radius 2 is 1.60 bits per heavy atom. The van der Waals surface area contributed by atoms with Crippen molar-refractivity contribution in [3.63, 3.8) is 0 Å². The molecule has 246 valence electrons. The van der Waals surface area contributed by atoms with Crippen LogP contribution in [0.3, 0.4) is 0 Å². The van der Waals surface area contributed by atoms with Gasteiger partial charge in [-0.15, -0.1) is 0 Å². The number of benzene rings is 1. The fraction of sp³-hybridized carbons (Fsp3) is 0.613. The van der Waals surface area contributed by atoms with Crippen LogP contribution in [0.1, 0.15) is 98.4 Å². The third-order valence-electron chi connectivity index (χ3n) is 9.34. The molecule has 3 fully saturated rings. The van der Waals surface area contributed by atoms with Gasteiger partial charge < -0.3 is 14.7 Å². The monoisotopic (exact) mass is 642 g/mol. The first-order chi connectivity index (χ1) is 21.1. The van der Waals surface area contributed by atoms with Crippen molar-refractivity contribution in [2.24, 2.45) is 11.8 Å². The molecule has 1 aromatic heterocycles. The second-order valence-corrected chi connectivity index (χ2v) is 12.6. The van der Waals surface area contributed by atoms with Crippen LogP contribution in [-0.2, 0) is 28.4 Å². The van der Waals surface area contributed by atoms with Crippen LogP contribution in [-0.4, -0.2) is 51.7 Å². The lowest BCUT2D eigenvalue weighted by Gasteiger charge is -2.32. The van der Waals surface area contributed by atoms with Crippen molar-refractivity contribution in [3.05, 3.63) is 52.5 Å². The number of alkyl halides is 6. The van der Waals surface area contributed by atoms with Crippen molar-refractivity contribution in [2.75, 3.05) is 18.5 Å². The molecule has 2 saturated carbocycles. The van der Waals surface area contributed by atoms with E-state index in [1.54, 1.807) is 6.20 Å². The number of nitrogens with zero attached hydrogens (tertiary/aromatic N) is 4. The zero-order valence-electron chi connectivity index (χ0n) is 25.0. The van der Waals surface area contributed by atoms with Crippen LogP contribution in [0.4, 0.5) is 37.0 Å². The average Bonchev–Trinajstić information content (AvgIpc) is 3.20. The highest BCUT2D eigenvalue weighted by Crippen LogP contribution is 2.42. The van der Waals surface area contributed by atoms with Gasteiger partial charge in [0.05, 0.1) is 35.6 Å². The fourth-order valence-electron chi connectivity index (χ4n) is 6.57. The topological polar surface area (TPSA) is 95.9 Å². The number of carbonyl (C=O) groups excluding carboxylic acids is 1. The molecule has 5 rings (SSSR count). The normalized spacial score (nSPS) is 24.4. The Morgan fingerprint density at radius 1 is 1.00 bits per heavy atom. The Balaban J connectivity index is 1.38. The Kier molecular flexibility index (Phi) is 9.23. The molecule has 45 heavy (non-hydrogen) atoms. The first-order valence-electron chi connectivity index (χ1n) is 15.2. The standard InChI is InChI=1S/C31H36F6N4O4/c1-17-27(21-11-22(30(32,33)34)13-23(12-21)31(35,36)37)45-29(44)41(17)16-25-28(38-14-24(39-25)20-4-3-5-20)40(2)15-19-8-6-18(7-9-19)10-26(42)43/h11-14,17-20,27H,3-10,15-16H2,1-2H3,(H,42,43)/t17-,18-,19-,27?/m0/s1. The molecule has 1 N–H and O–H groups in total. The molecule has 2 heterocycles. The molecular formula is C31H36F6N4O4. The molecule has 2 aromatic rings. The number of aliphatic carboxylic acids is 1. The maximum atomic E-state index is 13.5. The van der Waals surface area contributed by atoms with Crippen molar-refractivity contribution < 1.29 is 45.8 Å². The first kappa shape index (κ1) is 32.8. The van der Waals surface area contributed by atoms with Crippen LogP contribution in [0.25, 0.3) is 0 Å². The molecular weight excluding hydrogens is 606 g/mol. The van der Waals surface area contributed by atoms with Crippen LogP contribution in [0, 0.1) is 11.8 Å². The number of carboxylic acid groups (broad SMARTS) is 1. The van der Waals surface area contributed by atoms with Gasteiger partial charge in [-0.3, -0.25) is 14.7 Å². The summed E-state index contributed by atoms with van der Waals surface area (Å²) in [4.78, 5) is 37.0. The minimum Gasteiger partial charge on any atom is -0.481 e. The Morgan fingerprint density at radius 3 is 2.13 bits per heavy atom. The highest BCUT2D eigenvalue weighted by Gasteiger charge is 2.44. The summed E-state index contributed by atoms with van der Waals surface area (Å²) < 4.78 is 86.6. The zero-order valence-corrected chi connectivity index (χ0v) is 25.0. The van der Waals surface area contributed by atoms with Gasteiger partial charge in [0.2, 0.25) is 0 Å². The number of aromatic nitrogens is 2. The molecule has 1 amide bonds. The van der Waals surface area contributed by atoms with Gasteiger partial charge in [0.15, 0.2) is 5.82 Å². The quantitative estimate of drug-likeness (QED) is 0.282. The van der Waals surface area contributed by atoms with Crippen molar-refractivity contribution in [1.82, 2.24) is 14.9 Å². The summed E-state index contributed by atoms with van der Waals surface area (Å²) in [5.74, 6) is 0.396. The highest BCUT2D eigenvalue weighted by molar-refractivity contribution is 5.71.